The summed E-state index contributed by atoms with van der Waals surface area (Å²) in [5.74, 6) is 0. The van der Waals surface area contributed by atoms with Gasteiger partial charge in [-0.25, -0.2) is 8.42 Å². The molecule has 0 radical (unpaired) electrons. The molecule has 21 heavy (non-hydrogen) atoms. The number of benzene rings is 1. The second-order valence-corrected chi connectivity index (χ2v) is 7.90. The molecule has 0 saturated carbocycles. The summed E-state index contributed by atoms with van der Waals surface area (Å²) in [7, 11) is -3.66. The van der Waals surface area contributed by atoms with Gasteiger partial charge in [0.2, 0.25) is 0 Å². The summed E-state index contributed by atoms with van der Waals surface area (Å²) in [5.41, 5.74) is -0.206. The summed E-state index contributed by atoms with van der Waals surface area (Å²) >= 11 is 1.58. The van der Waals surface area contributed by atoms with Crippen molar-refractivity contribution in [3.05, 3.63) is 50.2 Å². The first-order valence-electron chi connectivity index (χ1n) is 6.05. The van der Waals surface area contributed by atoms with E-state index in [0.717, 1.165) is 16.0 Å². The molecule has 0 aliphatic rings. The average molecular weight is 326 g/mol. The van der Waals surface area contributed by atoms with Gasteiger partial charge in [0.15, 0.2) is 9.84 Å². The van der Waals surface area contributed by atoms with Gasteiger partial charge in [-0.05, 0) is 31.2 Å². The Kier molecular flexibility index (Phi) is 4.29. The Labute approximate surface area is 126 Å². The highest BCUT2D eigenvalue weighted by atomic mass is 32.2. The lowest BCUT2D eigenvalue weighted by Gasteiger charge is -2.08. The zero-order valence-corrected chi connectivity index (χ0v) is 13.1. The maximum atomic E-state index is 11.7. The number of rotatable bonds is 5. The Morgan fingerprint density at radius 3 is 2.52 bits per heavy atom. The monoisotopic (exact) mass is 326 g/mol. The van der Waals surface area contributed by atoms with Crippen LogP contribution in [0, 0.1) is 17.0 Å². The van der Waals surface area contributed by atoms with Crippen LogP contribution in [-0.4, -0.2) is 19.6 Å². The van der Waals surface area contributed by atoms with Crippen LogP contribution in [0.1, 0.15) is 9.75 Å². The van der Waals surface area contributed by atoms with E-state index in [1.807, 2.05) is 19.1 Å². The largest absolute Gasteiger partial charge is 0.375 e. The van der Waals surface area contributed by atoms with Gasteiger partial charge in [0.05, 0.1) is 4.92 Å². The van der Waals surface area contributed by atoms with Crippen molar-refractivity contribution in [2.45, 2.75) is 18.4 Å². The van der Waals surface area contributed by atoms with Crippen LogP contribution in [-0.2, 0) is 16.4 Å². The van der Waals surface area contributed by atoms with Gasteiger partial charge in [0.1, 0.15) is 10.6 Å². The van der Waals surface area contributed by atoms with Gasteiger partial charge in [-0.2, -0.15) is 0 Å². The van der Waals surface area contributed by atoms with Crippen molar-refractivity contribution in [1.29, 1.82) is 0 Å². The first-order chi connectivity index (χ1) is 9.79. The lowest BCUT2D eigenvalue weighted by molar-refractivity contribution is -0.386. The second-order valence-electron chi connectivity index (χ2n) is 4.55. The minimum absolute atomic E-state index is 0.203. The highest BCUT2D eigenvalue weighted by Gasteiger charge is 2.25. The number of nitrogens with zero attached hydrogens (tertiary/aromatic N) is 1. The molecular formula is C13H14N2O4S2. The molecule has 6 nitrogen and oxygen atoms in total. The quantitative estimate of drug-likeness (QED) is 0.674. The fraction of sp³-hybridized carbons (Fsp3) is 0.231. The minimum Gasteiger partial charge on any atom is -0.375 e. The molecule has 2 aromatic rings. The number of aryl methyl sites for hydroxylation is 1. The van der Waals surface area contributed by atoms with Gasteiger partial charge < -0.3 is 5.32 Å². The van der Waals surface area contributed by atoms with Crippen molar-refractivity contribution < 1.29 is 13.3 Å². The summed E-state index contributed by atoms with van der Waals surface area (Å²) in [6, 6.07) is 8.13. The molecule has 0 unspecified atom stereocenters. The third-order valence-corrected chi connectivity index (χ3v) is 4.96. The predicted molar refractivity (Wildman–Crippen MR) is 82.6 cm³/mol. The van der Waals surface area contributed by atoms with Crippen LogP contribution in [0.4, 0.5) is 11.4 Å². The van der Waals surface area contributed by atoms with E-state index in [0.29, 0.717) is 6.54 Å². The average Bonchev–Trinajstić information content (AvgIpc) is 2.80. The zero-order valence-electron chi connectivity index (χ0n) is 11.5. The number of anilines is 1. The summed E-state index contributed by atoms with van der Waals surface area (Å²) in [6.45, 7) is 2.38. The molecule has 1 aromatic heterocycles. The van der Waals surface area contributed by atoms with Crippen molar-refractivity contribution in [3.63, 3.8) is 0 Å². The first-order valence-corrected chi connectivity index (χ1v) is 8.76. The molecule has 0 fully saturated rings. The topological polar surface area (TPSA) is 89.3 Å². The Balaban J connectivity index is 2.37. The van der Waals surface area contributed by atoms with Crippen LogP contribution in [0.25, 0.3) is 0 Å². The summed E-state index contributed by atoms with van der Waals surface area (Å²) in [5, 5.41) is 14.1. The van der Waals surface area contributed by atoms with Crippen LogP contribution in [0.3, 0.4) is 0 Å². The minimum atomic E-state index is -3.66. The molecule has 8 heteroatoms. The predicted octanol–water partition coefficient (Wildman–Crippen LogP) is 2.98. The molecule has 0 atom stereocenters. The van der Waals surface area contributed by atoms with Gasteiger partial charge in [0.25, 0.3) is 0 Å². The molecule has 2 rings (SSSR count). The molecular weight excluding hydrogens is 312 g/mol. The SMILES string of the molecule is Cc1ccc(CNc2cccc(S(C)(=O)=O)c2[N+](=O)[O-])s1. The number of hydrogen-bond donors (Lipinski definition) is 1. The summed E-state index contributed by atoms with van der Waals surface area (Å²) in [4.78, 5) is 12.4. The van der Waals surface area contributed by atoms with E-state index in [1.165, 1.54) is 18.2 Å². The van der Waals surface area contributed by atoms with E-state index >= 15 is 0 Å². The van der Waals surface area contributed by atoms with E-state index in [1.54, 1.807) is 11.3 Å². The van der Waals surface area contributed by atoms with Gasteiger partial charge in [0, 0.05) is 22.6 Å². The van der Waals surface area contributed by atoms with Crippen LogP contribution >= 0.6 is 11.3 Å². The van der Waals surface area contributed by atoms with Crippen LogP contribution in [0.2, 0.25) is 0 Å². The third-order valence-electron chi connectivity index (χ3n) is 2.83. The number of para-hydroxylation sites is 1. The maximum Gasteiger partial charge on any atom is 0.310 e. The molecule has 1 N–H and O–H groups in total. The fourth-order valence-corrected chi connectivity index (χ4v) is 3.61. The molecule has 112 valence electrons. The molecule has 0 aliphatic carbocycles. The highest BCUT2D eigenvalue weighted by Crippen LogP contribution is 2.32. The zero-order chi connectivity index (χ0) is 15.6. The number of nitro benzene ring substituents is 1. The van der Waals surface area contributed by atoms with Crippen molar-refractivity contribution in [2.75, 3.05) is 11.6 Å². The Hall–Kier alpha value is -1.93. The number of nitro groups is 1. The number of nitrogens with one attached hydrogen (secondary N) is 1. The van der Waals surface area contributed by atoms with E-state index in [9.17, 15) is 18.5 Å². The highest BCUT2D eigenvalue weighted by molar-refractivity contribution is 7.90. The van der Waals surface area contributed by atoms with Crippen molar-refractivity contribution in [2.24, 2.45) is 0 Å². The van der Waals surface area contributed by atoms with E-state index in [2.05, 4.69) is 5.32 Å². The summed E-state index contributed by atoms with van der Waals surface area (Å²) < 4.78 is 23.3. The molecule has 0 bridgehead atoms. The van der Waals surface area contributed by atoms with Gasteiger partial charge in [-0.1, -0.05) is 6.07 Å². The lowest BCUT2D eigenvalue weighted by Crippen LogP contribution is -2.07. The lowest BCUT2D eigenvalue weighted by atomic mass is 10.2. The standard InChI is InChI=1S/C13H14N2O4S2/c1-9-6-7-10(20-9)8-14-11-4-3-5-12(21(2,18)19)13(11)15(16)17/h3-7,14H,8H2,1-2H3. The Bertz CT molecular complexity index is 781. The van der Waals surface area contributed by atoms with E-state index < -0.39 is 20.4 Å². The molecule has 0 amide bonds. The fourth-order valence-electron chi connectivity index (χ4n) is 1.91. The molecule has 0 saturated heterocycles. The van der Waals surface area contributed by atoms with Crippen molar-refractivity contribution in [3.8, 4) is 0 Å². The molecule has 0 spiro atoms. The molecule has 1 heterocycles. The normalized spacial score (nSPS) is 11.3. The van der Waals surface area contributed by atoms with Crippen LogP contribution < -0.4 is 5.32 Å². The summed E-state index contributed by atoms with van der Waals surface area (Å²) in [6.07, 6.45) is 0.960. The molecule has 1 aromatic carbocycles. The Morgan fingerprint density at radius 1 is 1.29 bits per heavy atom. The van der Waals surface area contributed by atoms with Gasteiger partial charge in [-0.15, -0.1) is 11.3 Å². The van der Waals surface area contributed by atoms with Crippen molar-refractivity contribution in [1.82, 2.24) is 0 Å². The van der Waals surface area contributed by atoms with Gasteiger partial charge in [-0.3, -0.25) is 10.1 Å². The van der Waals surface area contributed by atoms with Crippen molar-refractivity contribution >= 4 is 32.5 Å². The Morgan fingerprint density at radius 2 is 2.00 bits per heavy atom. The first kappa shape index (κ1) is 15.5. The van der Waals surface area contributed by atoms with Gasteiger partial charge >= 0.3 is 5.69 Å². The number of hydrogen-bond acceptors (Lipinski definition) is 6. The molecule has 0 aliphatic heterocycles. The second kappa shape index (κ2) is 5.82. The maximum absolute atomic E-state index is 11.7. The van der Waals surface area contributed by atoms with E-state index in [-0.39, 0.29) is 10.6 Å². The number of thiophene rings is 1. The van der Waals surface area contributed by atoms with Crippen LogP contribution in [0.15, 0.2) is 35.2 Å². The van der Waals surface area contributed by atoms with E-state index in [4.69, 9.17) is 0 Å². The number of sulfone groups is 1. The van der Waals surface area contributed by atoms with Crippen LogP contribution in [0.5, 0.6) is 0 Å². The third kappa shape index (κ3) is 3.59. The smallest absolute Gasteiger partial charge is 0.310 e.